The molecule has 0 radical (unpaired) electrons. The van der Waals surface area contributed by atoms with Crippen molar-refractivity contribution < 1.29 is 9.84 Å². The Morgan fingerprint density at radius 2 is 2.26 bits per heavy atom. The van der Waals surface area contributed by atoms with Gasteiger partial charge in [-0.15, -0.1) is 9.24 Å². The van der Waals surface area contributed by atoms with E-state index in [0.29, 0.717) is 5.02 Å². The Morgan fingerprint density at radius 1 is 1.44 bits per heavy atom. The van der Waals surface area contributed by atoms with Crippen LogP contribution >= 0.6 is 20.8 Å². The molecule has 4 unspecified atom stereocenters. The number of aliphatic hydroxyl groups is 1. The van der Waals surface area contributed by atoms with Gasteiger partial charge in [0.25, 0.3) is 0 Å². The van der Waals surface area contributed by atoms with Gasteiger partial charge in [0.15, 0.2) is 0 Å². The summed E-state index contributed by atoms with van der Waals surface area (Å²) >= 11 is 6.06. The van der Waals surface area contributed by atoms with Crippen molar-refractivity contribution in [2.24, 2.45) is 4.99 Å². The zero-order chi connectivity index (χ0) is 19.4. The van der Waals surface area contributed by atoms with Gasteiger partial charge in [-0.3, -0.25) is 4.99 Å². The number of nitrogens with zero attached hydrogens (tertiary/aromatic N) is 2. The lowest BCUT2D eigenvalue weighted by molar-refractivity contribution is -0.0611. The van der Waals surface area contributed by atoms with Crippen molar-refractivity contribution in [3.8, 4) is 0 Å². The first-order valence-corrected chi connectivity index (χ1v) is 10.2. The minimum atomic E-state index is -0.680. The number of aliphatic imine (C=N–C) groups is 1. The fraction of sp³-hybridized carbons (Fsp3) is 0.381. The third kappa shape index (κ3) is 4.70. The van der Waals surface area contributed by atoms with Gasteiger partial charge in [-0.05, 0) is 48.3 Å². The van der Waals surface area contributed by atoms with Crippen molar-refractivity contribution in [3.05, 3.63) is 51.6 Å². The van der Waals surface area contributed by atoms with E-state index >= 15 is 0 Å². The molecular formula is C21H26ClN2O2P. The molecule has 6 heteroatoms. The SMILES string of the molecule is C=c1/c(=C\N=CCCC)ccn1C1CCC(C(O)c2ccc(Cl)c(P)c2)O1. The van der Waals surface area contributed by atoms with Gasteiger partial charge in [0.05, 0.1) is 6.10 Å². The molecule has 4 nitrogen and oxygen atoms in total. The van der Waals surface area contributed by atoms with Crippen LogP contribution in [0, 0.1) is 0 Å². The molecule has 4 atom stereocenters. The van der Waals surface area contributed by atoms with Gasteiger partial charge in [0.2, 0.25) is 0 Å². The van der Waals surface area contributed by atoms with E-state index in [9.17, 15) is 5.11 Å². The summed E-state index contributed by atoms with van der Waals surface area (Å²) in [6.45, 7) is 6.30. The summed E-state index contributed by atoms with van der Waals surface area (Å²) in [5.74, 6) is 0. The van der Waals surface area contributed by atoms with Gasteiger partial charge in [-0.2, -0.15) is 0 Å². The zero-order valence-electron chi connectivity index (χ0n) is 15.5. The molecule has 1 aromatic carbocycles. The number of rotatable bonds is 6. The first kappa shape index (κ1) is 20.3. The molecule has 0 bridgehead atoms. The lowest BCUT2D eigenvalue weighted by Crippen LogP contribution is -2.30. The van der Waals surface area contributed by atoms with Crippen LogP contribution in [0.3, 0.4) is 0 Å². The van der Waals surface area contributed by atoms with Crippen LogP contribution in [0.4, 0.5) is 0 Å². The van der Waals surface area contributed by atoms with E-state index < -0.39 is 6.10 Å². The van der Waals surface area contributed by atoms with Gasteiger partial charge in [0, 0.05) is 34.2 Å². The van der Waals surface area contributed by atoms with Crippen molar-refractivity contribution in [1.29, 1.82) is 0 Å². The van der Waals surface area contributed by atoms with Crippen LogP contribution in [0.15, 0.2) is 35.5 Å². The minimum absolute atomic E-state index is 0.123. The molecule has 2 aromatic rings. The second kappa shape index (κ2) is 9.16. The van der Waals surface area contributed by atoms with Crippen molar-refractivity contribution in [1.82, 2.24) is 4.57 Å². The zero-order valence-corrected chi connectivity index (χ0v) is 17.4. The van der Waals surface area contributed by atoms with Gasteiger partial charge in [0.1, 0.15) is 12.3 Å². The predicted octanol–water partition coefficient (Wildman–Crippen LogP) is 3.07. The molecule has 27 heavy (non-hydrogen) atoms. The molecule has 144 valence electrons. The number of aromatic nitrogens is 1. The third-order valence-electron chi connectivity index (χ3n) is 4.85. The summed E-state index contributed by atoms with van der Waals surface area (Å²) in [6, 6.07) is 7.54. The van der Waals surface area contributed by atoms with Crippen LogP contribution in [0.2, 0.25) is 5.02 Å². The average Bonchev–Trinajstić information content (AvgIpc) is 3.27. The van der Waals surface area contributed by atoms with Crippen LogP contribution < -0.4 is 15.9 Å². The first-order valence-electron chi connectivity index (χ1n) is 9.27. The van der Waals surface area contributed by atoms with E-state index in [2.05, 4.69) is 27.7 Å². The molecule has 0 aliphatic carbocycles. The number of benzene rings is 1. The van der Waals surface area contributed by atoms with E-state index in [1.807, 2.05) is 41.4 Å². The second-order valence-electron chi connectivity index (χ2n) is 6.81. The van der Waals surface area contributed by atoms with Crippen molar-refractivity contribution in [2.75, 3.05) is 0 Å². The van der Waals surface area contributed by atoms with E-state index in [1.54, 1.807) is 6.07 Å². The Morgan fingerprint density at radius 3 is 3.00 bits per heavy atom. The number of halogens is 1. The van der Waals surface area contributed by atoms with E-state index in [0.717, 1.165) is 47.1 Å². The second-order valence-corrected chi connectivity index (χ2v) is 7.84. The quantitative estimate of drug-likeness (QED) is 0.594. The lowest BCUT2D eigenvalue weighted by atomic mass is 10.0. The highest BCUT2D eigenvalue weighted by Crippen LogP contribution is 2.34. The molecule has 1 aliphatic heterocycles. The standard InChI is InChI=1S/C21H26ClN2O2P/c1-3-4-10-23-13-16-9-11-24(14(16)2)20-8-7-18(26-20)21(25)15-5-6-17(22)19(27)12-15/h5-6,9-13,18,20-21,25H,2-4,7-8,27H2,1H3/b16-13-,23-10?. The fourth-order valence-corrected chi connectivity index (χ4v) is 3.67. The highest BCUT2D eigenvalue weighted by Gasteiger charge is 2.32. The first-order chi connectivity index (χ1) is 13.0. The molecular weight excluding hydrogens is 379 g/mol. The number of ether oxygens (including phenoxy) is 1. The van der Waals surface area contributed by atoms with Gasteiger partial charge in [-0.1, -0.05) is 37.6 Å². The van der Waals surface area contributed by atoms with Crippen LogP contribution in [0.25, 0.3) is 12.8 Å². The Kier molecular flexibility index (Phi) is 6.88. The van der Waals surface area contributed by atoms with Crippen LogP contribution in [-0.4, -0.2) is 22.0 Å². The van der Waals surface area contributed by atoms with Crippen LogP contribution in [0.1, 0.15) is 50.5 Å². The minimum Gasteiger partial charge on any atom is -0.386 e. The smallest absolute Gasteiger partial charge is 0.134 e. The fourth-order valence-electron chi connectivity index (χ4n) is 3.26. The third-order valence-corrected chi connectivity index (χ3v) is 5.86. The highest BCUT2D eigenvalue weighted by molar-refractivity contribution is 7.28. The van der Waals surface area contributed by atoms with E-state index in [4.69, 9.17) is 16.3 Å². The molecule has 0 spiro atoms. The Balaban J connectivity index is 1.71. The monoisotopic (exact) mass is 404 g/mol. The number of hydrogen-bond acceptors (Lipinski definition) is 3. The summed E-state index contributed by atoms with van der Waals surface area (Å²) in [7, 11) is 2.59. The maximum Gasteiger partial charge on any atom is 0.134 e. The van der Waals surface area contributed by atoms with Crippen LogP contribution in [0.5, 0.6) is 0 Å². The largest absolute Gasteiger partial charge is 0.386 e. The maximum atomic E-state index is 10.7. The molecule has 1 fully saturated rings. The number of unbranched alkanes of at least 4 members (excludes halogenated alkanes) is 1. The van der Waals surface area contributed by atoms with Crippen molar-refractivity contribution in [3.63, 3.8) is 0 Å². The van der Waals surface area contributed by atoms with Gasteiger partial charge < -0.3 is 14.4 Å². The summed E-state index contributed by atoms with van der Waals surface area (Å²) in [6.07, 6.45) is 8.35. The topological polar surface area (TPSA) is 46.8 Å². The Hall–Kier alpha value is -1.45. The van der Waals surface area contributed by atoms with Crippen molar-refractivity contribution >= 4 is 45.1 Å². The lowest BCUT2D eigenvalue weighted by Gasteiger charge is -2.21. The van der Waals surface area contributed by atoms with Crippen molar-refractivity contribution in [2.45, 2.75) is 51.0 Å². The van der Waals surface area contributed by atoms with E-state index in [1.165, 1.54) is 0 Å². The molecule has 1 N–H and O–H groups in total. The summed E-state index contributed by atoms with van der Waals surface area (Å²) in [4.78, 5) is 4.33. The molecule has 1 aliphatic rings. The summed E-state index contributed by atoms with van der Waals surface area (Å²) in [5.41, 5.74) is 0.816. The molecule has 2 heterocycles. The number of aliphatic hydroxyl groups excluding tert-OH is 1. The molecule has 0 saturated carbocycles. The highest BCUT2D eigenvalue weighted by atomic mass is 35.5. The molecule has 1 saturated heterocycles. The average molecular weight is 405 g/mol. The van der Waals surface area contributed by atoms with E-state index in [-0.39, 0.29) is 12.3 Å². The summed E-state index contributed by atoms with van der Waals surface area (Å²) < 4.78 is 8.18. The molecule has 1 aromatic heterocycles. The predicted molar refractivity (Wildman–Crippen MR) is 116 cm³/mol. The Labute approximate surface area is 167 Å². The van der Waals surface area contributed by atoms with Gasteiger partial charge >= 0.3 is 0 Å². The molecule has 3 rings (SSSR count). The summed E-state index contributed by atoms with van der Waals surface area (Å²) in [5, 5.41) is 14.1. The normalized spacial score (nSPS) is 22.0. The van der Waals surface area contributed by atoms with Gasteiger partial charge in [-0.25, -0.2) is 0 Å². The number of hydrogen-bond donors (Lipinski definition) is 1. The maximum absolute atomic E-state index is 10.7. The van der Waals surface area contributed by atoms with Crippen LogP contribution in [-0.2, 0) is 4.74 Å². The molecule has 0 amide bonds. The Bertz CT molecular complexity index is 925.